The van der Waals surface area contributed by atoms with Crippen LogP contribution in [0.4, 0.5) is 0 Å². The summed E-state index contributed by atoms with van der Waals surface area (Å²) in [6.45, 7) is 4.70. The zero-order valence-corrected chi connectivity index (χ0v) is 11.7. The highest BCUT2D eigenvalue weighted by Crippen LogP contribution is 2.20. The van der Waals surface area contributed by atoms with Crippen LogP contribution >= 0.6 is 0 Å². The first-order valence-corrected chi connectivity index (χ1v) is 6.80. The first kappa shape index (κ1) is 13.8. The highest BCUT2D eigenvalue weighted by atomic mass is 16.5. The van der Waals surface area contributed by atoms with E-state index in [-0.39, 0.29) is 6.04 Å². The van der Waals surface area contributed by atoms with Crippen molar-refractivity contribution in [1.29, 1.82) is 0 Å². The summed E-state index contributed by atoms with van der Waals surface area (Å²) in [4.78, 5) is 4.10. The third kappa shape index (κ3) is 4.52. The second-order valence-electron chi connectivity index (χ2n) is 5.28. The largest absolute Gasteiger partial charge is 0.490 e. The molecule has 1 aliphatic carbocycles. The molecule has 0 aromatic carbocycles. The number of hydrogen-bond donors (Lipinski definition) is 1. The number of aryl methyl sites for hydroxylation is 1. The van der Waals surface area contributed by atoms with Crippen molar-refractivity contribution in [2.24, 2.45) is 5.73 Å². The van der Waals surface area contributed by atoms with Gasteiger partial charge in [-0.2, -0.15) is 0 Å². The Balaban J connectivity index is 1.82. The summed E-state index contributed by atoms with van der Waals surface area (Å²) in [5, 5.41) is 0. The summed E-state index contributed by atoms with van der Waals surface area (Å²) in [5.41, 5.74) is 9.99. The van der Waals surface area contributed by atoms with Crippen LogP contribution in [-0.2, 0) is 0 Å². The molecule has 3 nitrogen and oxygen atoms in total. The SMILES string of the molecule is CC1=CC(CC(N)COc2cncc(C)c2)=CCC1. The van der Waals surface area contributed by atoms with Crippen LogP contribution in [-0.4, -0.2) is 17.6 Å². The second kappa shape index (κ2) is 6.53. The topological polar surface area (TPSA) is 48.1 Å². The van der Waals surface area contributed by atoms with E-state index < -0.39 is 0 Å². The van der Waals surface area contributed by atoms with E-state index in [1.807, 2.05) is 19.2 Å². The summed E-state index contributed by atoms with van der Waals surface area (Å²) < 4.78 is 5.68. The highest BCUT2D eigenvalue weighted by Gasteiger charge is 2.09. The normalized spacial score (nSPS) is 16.6. The Morgan fingerprint density at radius 2 is 2.21 bits per heavy atom. The van der Waals surface area contributed by atoms with Crippen molar-refractivity contribution in [3.63, 3.8) is 0 Å². The lowest BCUT2D eigenvalue weighted by Crippen LogP contribution is -2.28. The first-order valence-electron chi connectivity index (χ1n) is 6.80. The van der Waals surface area contributed by atoms with Gasteiger partial charge in [0.2, 0.25) is 0 Å². The van der Waals surface area contributed by atoms with E-state index in [4.69, 9.17) is 10.5 Å². The minimum Gasteiger partial charge on any atom is -0.490 e. The third-order valence-electron chi connectivity index (χ3n) is 3.19. The Morgan fingerprint density at radius 1 is 1.37 bits per heavy atom. The molecule has 0 aliphatic heterocycles. The molecular weight excluding hydrogens is 236 g/mol. The molecule has 1 atom stereocenters. The number of pyridine rings is 1. The zero-order chi connectivity index (χ0) is 13.7. The standard InChI is InChI=1S/C16H22N2O/c1-12-4-3-5-14(6-12)8-15(17)11-19-16-7-13(2)9-18-10-16/h5-7,9-10,15H,3-4,8,11,17H2,1-2H3. The lowest BCUT2D eigenvalue weighted by molar-refractivity contribution is 0.286. The molecule has 1 aromatic rings. The van der Waals surface area contributed by atoms with Gasteiger partial charge in [0, 0.05) is 12.2 Å². The Morgan fingerprint density at radius 3 is 2.95 bits per heavy atom. The summed E-state index contributed by atoms with van der Waals surface area (Å²) >= 11 is 0. The highest BCUT2D eigenvalue weighted by molar-refractivity contribution is 5.27. The molecule has 0 saturated carbocycles. The van der Waals surface area contributed by atoms with Crippen molar-refractivity contribution in [1.82, 2.24) is 4.98 Å². The van der Waals surface area contributed by atoms with Crippen molar-refractivity contribution in [2.45, 2.75) is 39.2 Å². The van der Waals surface area contributed by atoms with Crippen molar-refractivity contribution in [3.05, 3.63) is 47.3 Å². The molecule has 2 rings (SSSR count). The number of hydrogen-bond acceptors (Lipinski definition) is 3. The molecule has 19 heavy (non-hydrogen) atoms. The number of rotatable bonds is 5. The summed E-state index contributed by atoms with van der Waals surface area (Å²) in [6.07, 6.45) is 11.2. The van der Waals surface area contributed by atoms with Gasteiger partial charge in [0.1, 0.15) is 12.4 Å². The van der Waals surface area contributed by atoms with Crippen molar-refractivity contribution >= 4 is 0 Å². The summed E-state index contributed by atoms with van der Waals surface area (Å²) in [7, 11) is 0. The van der Waals surface area contributed by atoms with Gasteiger partial charge < -0.3 is 10.5 Å². The van der Waals surface area contributed by atoms with E-state index in [2.05, 4.69) is 24.1 Å². The van der Waals surface area contributed by atoms with E-state index in [0.717, 1.165) is 24.2 Å². The number of aromatic nitrogens is 1. The molecular formula is C16H22N2O. The zero-order valence-electron chi connectivity index (χ0n) is 11.7. The second-order valence-corrected chi connectivity index (χ2v) is 5.28. The lowest BCUT2D eigenvalue weighted by atomic mass is 9.96. The van der Waals surface area contributed by atoms with Crippen LogP contribution in [0.2, 0.25) is 0 Å². The minimum absolute atomic E-state index is 0.0221. The molecule has 1 aromatic heterocycles. The molecule has 1 heterocycles. The average molecular weight is 258 g/mol. The molecule has 0 bridgehead atoms. The van der Waals surface area contributed by atoms with Crippen LogP contribution in [0.5, 0.6) is 5.75 Å². The predicted octanol–water partition coefficient (Wildman–Crippen LogP) is 3.15. The van der Waals surface area contributed by atoms with Gasteiger partial charge in [-0.15, -0.1) is 0 Å². The fourth-order valence-corrected chi connectivity index (χ4v) is 2.25. The van der Waals surface area contributed by atoms with Gasteiger partial charge in [-0.05, 0) is 44.7 Å². The number of nitrogens with zero attached hydrogens (tertiary/aromatic N) is 1. The maximum Gasteiger partial charge on any atom is 0.137 e. The molecule has 1 aliphatic rings. The number of ether oxygens (including phenoxy) is 1. The van der Waals surface area contributed by atoms with Crippen LogP contribution in [0.1, 0.15) is 31.7 Å². The van der Waals surface area contributed by atoms with Crippen LogP contribution in [0.3, 0.4) is 0 Å². The predicted molar refractivity (Wildman–Crippen MR) is 78.1 cm³/mol. The van der Waals surface area contributed by atoms with E-state index in [9.17, 15) is 0 Å². The van der Waals surface area contributed by atoms with Crippen molar-refractivity contribution in [3.8, 4) is 5.75 Å². The van der Waals surface area contributed by atoms with E-state index in [1.165, 1.54) is 17.6 Å². The van der Waals surface area contributed by atoms with Gasteiger partial charge >= 0.3 is 0 Å². The molecule has 3 heteroatoms. The maximum absolute atomic E-state index is 6.12. The fourth-order valence-electron chi connectivity index (χ4n) is 2.25. The number of nitrogens with two attached hydrogens (primary N) is 1. The van der Waals surface area contributed by atoms with Crippen LogP contribution < -0.4 is 10.5 Å². The quantitative estimate of drug-likeness (QED) is 0.882. The van der Waals surface area contributed by atoms with E-state index in [1.54, 1.807) is 6.20 Å². The first-order chi connectivity index (χ1) is 9.13. The van der Waals surface area contributed by atoms with Gasteiger partial charge in [0.25, 0.3) is 0 Å². The van der Waals surface area contributed by atoms with Crippen LogP contribution in [0.25, 0.3) is 0 Å². The Bertz CT molecular complexity index is 491. The molecule has 0 saturated heterocycles. The number of allylic oxidation sites excluding steroid dienone is 3. The fraction of sp³-hybridized carbons (Fsp3) is 0.438. The monoisotopic (exact) mass is 258 g/mol. The molecule has 0 spiro atoms. The van der Waals surface area contributed by atoms with Crippen molar-refractivity contribution in [2.75, 3.05) is 6.61 Å². The molecule has 0 fully saturated rings. The smallest absolute Gasteiger partial charge is 0.137 e. The maximum atomic E-state index is 6.12. The molecule has 1 unspecified atom stereocenters. The molecule has 2 N–H and O–H groups in total. The van der Waals surface area contributed by atoms with Gasteiger partial charge in [0.05, 0.1) is 6.20 Å². The Kier molecular flexibility index (Phi) is 4.74. The molecule has 102 valence electrons. The van der Waals surface area contributed by atoms with Crippen LogP contribution in [0, 0.1) is 6.92 Å². The van der Waals surface area contributed by atoms with Gasteiger partial charge in [0.15, 0.2) is 0 Å². The minimum atomic E-state index is 0.0221. The summed E-state index contributed by atoms with van der Waals surface area (Å²) in [6, 6.07) is 2.00. The van der Waals surface area contributed by atoms with E-state index >= 15 is 0 Å². The third-order valence-corrected chi connectivity index (χ3v) is 3.19. The lowest BCUT2D eigenvalue weighted by Gasteiger charge is -2.16. The van der Waals surface area contributed by atoms with Gasteiger partial charge in [-0.25, -0.2) is 0 Å². The van der Waals surface area contributed by atoms with E-state index in [0.29, 0.717) is 6.61 Å². The molecule has 0 amide bonds. The Hall–Kier alpha value is -1.61. The van der Waals surface area contributed by atoms with Gasteiger partial charge in [-0.1, -0.05) is 23.3 Å². The molecule has 0 radical (unpaired) electrons. The summed E-state index contributed by atoms with van der Waals surface area (Å²) in [5.74, 6) is 0.791. The van der Waals surface area contributed by atoms with Crippen LogP contribution in [0.15, 0.2) is 41.8 Å². The Labute approximate surface area is 115 Å². The van der Waals surface area contributed by atoms with Gasteiger partial charge in [-0.3, -0.25) is 4.98 Å². The van der Waals surface area contributed by atoms with Crippen molar-refractivity contribution < 1.29 is 4.74 Å². The average Bonchev–Trinajstić information content (AvgIpc) is 2.36.